The van der Waals surface area contributed by atoms with Crippen LogP contribution >= 0.6 is 11.3 Å². The fourth-order valence-electron chi connectivity index (χ4n) is 2.18. The van der Waals surface area contributed by atoms with Crippen molar-refractivity contribution in [2.24, 2.45) is 5.73 Å². The molecule has 0 spiro atoms. The molecule has 124 valence electrons. The molecule has 0 aliphatic rings. The zero-order chi connectivity index (χ0) is 17.1. The summed E-state index contributed by atoms with van der Waals surface area (Å²) in [5, 5.41) is 5.40. The molecule has 0 saturated heterocycles. The monoisotopic (exact) mass is 342 g/mol. The molecular formula is C16H18N6OS. The van der Waals surface area contributed by atoms with E-state index in [2.05, 4.69) is 20.3 Å². The molecule has 0 aliphatic carbocycles. The van der Waals surface area contributed by atoms with Gasteiger partial charge >= 0.3 is 0 Å². The molecule has 3 aromatic heterocycles. The lowest BCUT2D eigenvalue weighted by Crippen LogP contribution is -2.13. The summed E-state index contributed by atoms with van der Waals surface area (Å²) in [5.74, 6) is 0.503. The van der Waals surface area contributed by atoms with Crippen molar-refractivity contribution in [1.82, 2.24) is 19.5 Å². The molecule has 0 unspecified atom stereocenters. The van der Waals surface area contributed by atoms with E-state index in [0.29, 0.717) is 24.3 Å². The molecule has 24 heavy (non-hydrogen) atoms. The zero-order valence-electron chi connectivity index (χ0n) is 13.5. The van der Waals surface area contributed by atoms with E-state index in [4.69, 9.17) is 5.73 Å². The van der Waals surface area contributed by atoms with E-state index in [1.807, 2.05) is 30.5 Å². The first-order valence-corrected chi connectivity index (χ1v) is 8.39. The van der Waals surface area contributed by atoms with Crippen LogP contribution in [-0.2, 0) is 6.42 Å². The predicted molar refractivity (Wildman–Crippen MR) is 93.7 cm³/mol. The van der Waals surface area contributed by atoms with Crippen molar-refractivity contribution in [2.75, 3.05) is 11.9 Å². The van der Waals surface area contributed by atoms with E-state index in [9.17, 15) is 4.79 Å². The second-order valence-electron chi connectivity index (χ2n) is 5.31. The van der Waals surface area contributed by atoms with Gasteiger partial charge in [0.05, 0.1) is 22.6 Å². The Bertz CT molecular complexity index is 852. The molecule has 3 N–H and O–H groups in total. The lowest BCUT2D eigenvalue weighted by molar-refractivity contribution is 0.102. The quantitative estimate of drug-likeness (QED) is 0.740. The van der Waals surface area contributed by atoms with Crippen molar-refractivity contribution in [3.63, 3.8) is 0 Å². The SMILES string of the molecule is Cc1ncn(-c2ccc(NC(=O)c3csc(CCN)n3)cn2)c1C. The van der Waals surface area contributed by atoms with E-state index in [-0.39, 0.29) is 5.91 Å². The van der Waals surface area contributed by atoms with Gasteiger partial charge in [0.15, 0.2) is 0 Å². The Morgan fingerprint density at radius 3 is 2.79 bits per heavy atom. The Balaban J connectivity index is 1.71. The van der Waals surface area contributed by atoms with Crippen LogP contribution in [0.1, 0.15) is 26.9 Å². The fourth-order valence-corrected chi connectivity index (χ4v) is 2.97. The summed E-state index contributed by atoms with van der Waals surface area (Å²) < 4.78 is 1.90. The summed E-state index contributed by atoms with van der Waals surface area (Å²) in [6, 6.07) is 3.65. The van der Waals surface area contributed by atoms with Crippen LogP contribution < -0.4 is 11.1 Å². The Hall–Kier alpha value is -2.58. The Morgan fingerprint density at radius 1 is 1.33 bits per heavy atom. The molecule has 0 aliphatic heterocycles. The average molecular weight is 342 g/mol. The lowest BCUT2D eigenvalue weighted by Gasteiger charge is -2.07. The van der Waals surface area contributed by atoms with E-state index in [1.54, 1.807) is 17.9 Å². The number of carbonyl (C=O) groups excluding carboxylic acids is 1. The average Bonchev–Trinajstić information content (AvgIpc) is 3.17. The van der Waals surface area contributed by atoms with Gasteiger partial charge in [-0.1, -0.05) is 0 Å². The van der Waals surface area contributed by atoms with E-state index >= 15 is 0 Å². The number of nitrogens with zero attached hydrogens (tertiary/aromatic N) is 4. The number of aromatic nitrogens is 4. The topological polar surface area (TPSA) is 98.7 Å². The summed E-state index contributed by atoms with van der Waals surface area (Å²) in [5.41, 5.74) is 8.51. The number of hydrogen-bond donors (Lipinski definition) is 2. The summed E-state index contributed by atoms with van der Waals surface area (Å²) in [6.45, 7) is 4.46. The molecule has 0 fully saturated rings. The first-order valence-electron chi connectivity index (χ1n) is 7.51. The minimum Gasteiger partial charge on any atom is -0.330 e. The van der Waals surface area contributed by atoms with Gasteiger partial charge in [0, 0.05) is 17.5 Å². The maximum atomic E-state index is 12.2. The number of amides is 1. The molecule has 3 heterocycles. The van der Waals surface area contributed by atoms with Crippen LogP contribution in [0.3, 0.4) is 0 Å². The Morgan fingerprint density at radius 2 is 2.17 bits per heavy atom. The number of nitrogens with two attached hydrogens (primary N) is 1. The smallest absolute Gasteiger partial charge is 0.275 e. The third-order valence-corrected chi connectivity index (χ3v) is 4.56. The van der Waals surface area contributed by atoms with Crippen LogP contribution in [0.4, 0.5) is 5.69 Å². The molecule has 0 saturated carbocycles. The fraction of sp³-hybridized carbons (Fsp3) is 0.250. The van der Waals surface area contributed by atoms with E-state index in [1.165, 1.54) is 11.3 Å². The summed E-state index contributed by atoms with van der Waals surface area (Å²) in [4.78, 5) is 25.1. The number of anilines is 1. The second kappa shape index (κ2) is 6.90. The standard InChI is InChI=1S/C16H18N6OS/c1-10-11(2)22(9-19-10)14-4-3-12(7-18-14)20-16(23)13-8-24-15(21-13)5-6-17/h3-4,7-9H,5-6,17H2,1-2H3,(H,20,23). The summed E-state index contributed by atoms with van der Waals surface area (Å²) in [7, 11) is 0. The molecule has 3 rings (SSSR count). The maximum absolute atomic E-state index is 12.2. The Labute approximate surface area is 143 Å². The molecule has 0 aromatic carbocycles. The number of aryl methyl sites for hydroxylation is 1. The normalized spacial score (nSPS) is 10.8. The molecule has 1 amide bonds. The van der Waals surface area contributed by atoms with Crippen molar-refractivity contribution in [1.29, 1.82) is 0 Å². The Kier molecular flexibility index (Phi) is 4.68. The number of hydrogen-bond acceptors (Lipinski definition) is 6. The second-order valence-corrected chi connectivity index (χ2v) is 6.25. The largest absolute Gasteiger partial charge is 0.330 e. The molecule has 7 nitrogen and oxygen atoms in total. The number of rotatable bonds is 5. The molecule has 8 heteroatoms. The van der Waals surface area contributed by atoms with Gasteiger partial charge in [0.2, 0.25) is 0 Å². The molecule has 0 atom stereocenters. The van der Waals surface area contributed by atoms with Crippen LogP contribution in [0.2, 0.25) is 0 Å². The number of carbonyl (C=O) groups is 1. The van der Waals surface area contributed by atoms with Gasteiger partial charge in [0.1, 0.15) is 17.8 Å². The number of pyridine rings is 1. The van der Waals surface area contributed by atoms with Crippen molar-refractivity contribution in [2.45, 2.75) is 20.3 Å². The third kappa shape index (κ3) is 3.34. The first kappa shape index (κ1) is 16.3. The van der Waals surface area contributed by atoms with Crippen LogP contribution in [0.25, 0.3) is 5.82 Å². The van der Waals surface area contributed by atoms with Gasteiger partial charge in [-0.3, -0.25) is 9.36 Å². The molecule has 3 aromatic rings. The van der Waals surface area contributed by atoms with Crippen LogP contribution in [0.5, 0.6) is 0 Å². The summed E-state index contributed by atoms with van der Waals surface area (Å²) >= 11 is 1.44. The zero-order valence-corrected chi connectivity index (χ0v) is 14.3. The predicted octanol–water partition coefficient (Wildman–Crippen LogP) is 2.09. The van der Waals surface area contributed by atoms with Gasteiger partial charge in [-0.15, -0.1) is 11.3 Å². The van der Waals surface area contributed by atoms with Crippen LogP contribution in [0, 0.1) is 13.8 Å². The van der Waals surface area contributed by atoms with E-state index < -0.39 is 0 Å². The van der Waals surface area contributed by atoms with Crippen LogP contribution in [-0.4, -0.2) is 32.0 Å². The molecular weight excluding hydrogens is 324 g/mol. The lowest BCUT2D eigenvalue weighted by atomic mass is 10.3. The van der Waals surface area contributed by atoms with Gasteiger partial charge < -0.3 is 11.1 Å². The van der Waals surface area contributed by atoms with Crippen LogP contribution in [0.15, 0.2) is 30.0 Å². The highest BCUT2D eigenvalue weighted by molar-refractivity contribution is 7.09. The highest BCUT2D eigenvalue weighted by Crippen LogP contribution is 2.16. The van der Waals surface area contributed by atoms with Crippen molar-refractivity contribution in [3.05, 3.63) is 52.1 Å². The minimum atomic E-state index is -0.251. The number of nitrogens with one attached hydrogen (secondary N) is 1. The highest BCUT2D eigenvalue weighted by atomic mass is 32.1. The summed E-state index contributed by atoms with van der Waals surface area (Å²) in [6.07, 6.45) is 4.03. The van der Waals surface area contributed by atoms with Gasteiger partial charge in [-0.2, -0.15) is 0 Å². The molecule has 0 radical (unpaired) electrons. The van der Waals surface area contributed by atoms with Crippen molar-refractivity contribution in [3.8, 4) is 5.82 Å². The maximum Gasteiger partial charge on any atom is 0.275 e. The highest BCUT2D eigenvalue weighted by Gasteiger charge is 2.11. The van der Waals surface area contributed by atoms with Crippen molar-refractivity contribution >= 4 is 22.9 Å². The number of thiazole rings is 1. The third-order valence-electron chi connectivity index (χ3n) is 3.65. The van der Waals surface area contributed by atoms with Gasteiger partial charge in [-0.05, 0) is 32.5 Å². The van der Waals surface area contributed by atoms with Gasteiger partial charge in [-0.25, -0.2) is 15.0 Å². The van der Waals surface area contributed by atoms with Crippen molar-refractivity contribution < 1.29 is 4.79 Å². The van der Waals surface area contributed by atoms with E-state index in [0.717, 1.165) is 22.2 Å². The minimum absolute atomic E-state index is 0.251. The van der Waals surface area contributed by atoms with Gasteiger partial charge in [0.25, 0.3) is 5.91 Å². The number of imidazole rings is 1. The first-order chi connectivity index (χ1) is 11.6. The molecule has 0 bridgehead atoms.